The van der Waals surface area contributed by atoms with Crippen LogP contribution in [-0.2, 0) is 4.79 Å². The van der Waals surface area contributed by atoms with Crippen molar-refractivity contribution in [3.8, 4) is 0 Å². The molecular weight excluding hydrogens is 244 g/mol. The molecule has 5 nitrogen and oxygen atoms in total. The number of aromatic nitrogens is 1. The van der Waals surface area contributed by atoms with Crippen LogP contribution in [-0.4, -0.2) is 34.3 Å². The topological polar surface area (TPSA) is 63.4 Å². The molecule has 0 N–H and O–H groups in total. The molecule has 2 heterocycles. The monoisotopic (exact) mass is 264 g/mol. The Hall–Kier alpha value is -1.65. The second kappa shape index (κ2) is 5.99. The number of ketones is 1. The minimum absolute atomic E-state index is 0.00194. The number of aryl methyl sites for hydroxylation is 1. The van der Waals surface area contributed by atoms with Crippen molar-refractivity contribution in [3.05, 3.63) is 17.5 Å². The molecule has 1 saturated heterocycles. The Labute approximate surface area is 112 Å². The highest BCUT2D eigenvalue weighted by atomic mass is 16.5. The first-order valence-corrected chi connectivity index (χ1v) is 6.81. The highest BCUT2D eigenvalue weighted by Gasteiger charge is 2.29. The zero-order chi connectivity index (χ0) is 13.8. The lowest BCUT2D eigenvalue weighted by Gasteiger charge is -2.28. The number of carbonyl (C=O) groups is 2. The Balaban J connectivity index is 2.17. The number of amides is 1. The largest absolute Gasteiger partial charge is 0.351 e. The Morgan fingerprint density at radius 2 is 2.21 bits per heavy atom. The number of rotatable bonds is 3. The third kappa shape index (κ3) is 3.43. The molecule has 1 aromatic rings. The van der Waals surface area contributed by atoms with Crippen LogP contribution in [0.2, 0.25) is 0 Å². The number of Topliss-reactive ketones (excluding diaryl/α,β-unsaturated/α-hetero) is 1. The van der Waals surface area contributed by atoms with Crippen molar-refractivity contribution < 1.29 is 14.1 Å². The first kappa shape index (κ1) is 13.8. The highest BCUT2D eigenvalue weighted by Crippen LogP contribution is 2.22. The summed E-state index contributed by atoms with van der Waals surface area (Å²) < 4.78 is 5.05. The molecule has 1 unspecified atom stereocenters. The van der Waals surface area contributed by atoms with E-state index < -0.39 is 0 Å². The molecule has 0 bridgehead atoms. The fourth-order valence-electron chi connectivity index (χ4n) is 2.59. The average Bonchev–Trinajstić information content (AvgIpc) is 2.65. The summed E-state index contributed by atoms with van der Waals surface area (Å²) in [6, 6.07) is 1.65. The van der Waals surface area contributed by atoms with Gasteiger partial charge in [-0.1, -0.05) is 18.0 Å². The van der Waals surface area contributed by atoms with Crippen LogP contribution in [0.1, 0.15) is 55.3 Å². The van der Waals surface area contributed by atoms with Gasteiger partial charge in [-0.05, 0) is 26.7 Å². The van der Waals surface area contributed by atoms with E-state index >= 15 is 0 Å². The van der Waals surface area contributed by atoms with Crippen LogP contribution in [0.25, 0.3) is 0 Å². The van der Waals surface area contributed by atoms with Gasteiger partial charge in [-0.3, -0.25) is 9.59 Å². The predicted octanol–water partition coefficient (Wildman–Crippen LogP) is 2.35. The van der Waals surface area contributed by atoms with Crippen molar-refractivity contribution in [1.82, 2.24) is 10.1 Å². The molecule has 1 amide bonds. The predicted molar refractivity (Wildman–Crippen MR) is 69.8 cm³/mol. The molecule has 0 aliphatic carbocycles. The van der Waals surface area contributed by atoms with Gasteiger partial charge in [0, 0.05) is 25.1 Å². The van der Waals surface area contributed by atoms with Gasteiger partial charge in [-0.25, -0.2) is 0 Å². The van der Waals surface area contributed by atoms with Gasteiger partial charge in [-0.15, -0.1) is 0 Å². The van der Waals surface area contributed by atoms with Crippen LogP contribution in [0, 0.1) is 6.92 Å². The summed E-state index contributed by atoms with van der Waals surface area (Å²) in [4.78, 5) is 25.6. The van der Waals surface area contributed by atoms with Gasteiger partial charge in [0.05, 0.1) is 5.69 Å². The van der Waals surface area contributed by atoms with E-state index in [9.17, 15) is 9.59 Å². The molecule has 1 aromatic heterocycles. The zero-order valence-corrected chi connectivity index (χ0v) is 11.5. The lowest BCUT2D eigenvalue weighted by Crippen LogP contribution is -2.40. The van der Waals surface area contributed by atoms with E-state index in [1.807, 2.05) is 0 Å². The standard InChI is InChI=1S/C14H20N2O3/c1-10-8-13(19-15-10)14(18)16-7-5-3-4-6-12(16)9-11(2)17/h8,12H,3-7,9H2,1-2H3. The molecule has 0 aromatic carbocycles. The van der Waals surface area contributed by atoms with Crippen molar-refractivity contribution in [2.24, 2.45) is 0 Å². The Morgan fingerprint density at radius 3 is 2.84 bits per heavy atom. The molecule has 1 atom stereocenters. The van der Waals surface area contributed by atoms with E-state index in [1.54, 1.807) is 24.8 Å². The van der Waals surface area contributed by atoms with Gasteiger partial charge in [-0.2, -0.15) is 0 Å². The second-order valence-electron chi connectivity index (χ2n) is 5.24. The normalized spacial score (nSPS) is 20.1. The van der Waals surface area contributed by atoms with Gasteiger partial charge in [0.15, 0.2) is 0 Å². The van der Waals surface area contributed by atoms with E-state index in [4.69, 9.17) is 4.52 Å². The van der Waals surface area contributed by atoms with E-state index in [-0.39, 0.29) is 23.5 Å². The fraction of sp³-hybridized carbons (Fsp3) is 0.643. The van der Waals surface area contributed by atoms with Gasteiger partial charge in [0.2, 0.25) is 5.76 Å². The van der Waals surface area contributed by atoms with Gasteiger partial charge in [0.25, 0.3) is 5.91 Å². The van der Waals surface area contributed by atoms with E-state index in [0.29, 0.717) is 18.7 Å². The van der Waals surface area contributed by atoms with Gasteiger partial charge < -0.3 is 9.42 Å². The minimum atomic E-state index is -0.145. The lowest BCUT2D eigenvalue weighted by atomic mass is 10.0. The van der Waals surface area contributed by atoms with Crippen molar-refractivity contribution in [3.63, 3.8) is 0 Å². The Bertz CT molecular complexity index is 467. The fourth-order valence-corrected chi connectivity index (χ4v) is 2.59. The summed E-state index contributed by atoms with van der Waals surface area (Å²) in [6.45, 7) is 4.05. The van der Waals surface area contributed by atoms with Crippen LogP contribution in [0.4, 0.5) is 0 Å². The molecule has 1 aliphatic rings. The SMILES string of the molecule is CC(=O)CC1CCCCCN1C(=O)c1cc(C)no1. The van der Waals surface area contributed by atoms with E-state index in [0.717, 1.165) is 25.7 Å². The van der Waals surface area contributed by atoms with Crippen LogP contribution < -0.4 is 0 Å². The average molecular weight is 264 g/mol. The third-order valence-electron chi connectivity index (χ3n) is 3.50. The number of carbonyl (C=O) groups excluding carboxylic acids is 2. The van der Waals surface area contributed by atoms with Gasteiger partial charge >= 0.3 is 0 Å². The summed E-state index contributed by atoms with van der Waals surface area (Å²) in [5, 5.41) is 3.75. The number of hydrogen-bond acceptors (Lipinski definition) is 4. The van der Waals surface area contributed by atoms with Crippen molar-refractivity contribution >= 4 is 11.7 Å². The highest BCUT2D eigenvalue weighted by molar-refractivity contribution is 5.92. The molecular formula is C14H20N2O3. The number of likely N-dealkylation sites (tertiary alicyclic amines) is 1. The molecule has 1 fully saturated rings. The minimum Gasteiger partial charge on any atom is -0.351 e. The molecule has 19 heavy (non-hydrogen) atoms. The maximum atomic E-state index is 12.4. The van der Waals surface area contributed by atoms with Crippen molar-refractivity contribution in [2.75, 3.05) is 6.54 Å². The van der Waals surface area contributed by atoms with Crippen LogP contribution >= 0.6 is 0 Å². The molecule has 0 saturated carbocycles. The Kier molecular flexibility index (Phi) is 4.35. The van der Waals surface area contributed by atoms with Crippen molar-refractivity contribution in [2.45, 2.75) is 52.0 Å². The first-order valence-electron chi connectivity index (χ1n) is 6.81. The number of nitrogens with zero attached hydrogens (tertiary/aromatic N) is 2. The smallest absolute Gasteiger partial charge is 0.292 e. The molecule has 104 valence electrons. The quantitative estimate of drug-likeness (QED) is 0.840. The summed E-state index contributed by atoms with van der Waals surface area (Å²) >= 11 is 0. The maximum Gasteiger partial charge on any atom is 0.292 e. The Morgan fingerprint density at radius 1 is 1.42 bits per heavy atom. The summed E-state index contributed by atoms with van der Waals surface area (Å²) in [5.74, 6) is 0.250. The van der Waals surface area contributed by atoms with Crippen molar-refractivity contribution in [1.29, 1.82) is 0 Å². The lowest BCUT2D eigenvalue weighted by molar-refractivity contribution is -0.118. The first-order chi connectivity index (χ1) is 9.08. The van der Waals surface area contributed by atoms with Crippen LogP contribution in [0.3, 0.4) is 0 Å². The molecule has 2 rings (SSSR count). The van der Waals surface area contributed by atoms with E-state index in [1.165, 1.54) is 0 Å². The van der Waals surface area contributed by atoms with Crippen LogP contribution in [0.15, 0.2) is 10.6 Å². The van der Waals surface area contributed by atoms with Gasteiger partial charge in [0.1, 0.15) is 5.78 Å². The second-order valence-corrected chi connectivity index (χ2v) is 5.24. The third-order valence-corrected chi connectivity index (χ3v) is 3.50. The summed E-state index contributed by atoms with van der Waals surface area (Å²) in [7, 11) is 0. The zero-order valence-electron chi connectivity index (χ0n) is 11.5. The summed E-state index contributed by atoms with van der Waals surface area (Å²) in [5.41, 5.74) is 0.696. The maximum absolute atomic E-state index is 12.4. The molecule has 1 aliphatic heterocycles. The number of hydrogen-bond donors (Lipinski definition) is 0. The molecule has 0 spiro atoms. The van der Waals surface area contributed by atoms with Crippen LogP contribution in [0.5, 0.6) is 0 Å². The summed E-state index contributed by atoms with van der Waals surface area (Å²) in [6.07, 6.45) is 4.47. The van der Waals surface area contributed by atoms with E-state index in [2.05, 4.69) is 5.16 Å². The molecule has 0 radical (unpaired) electrons. The molecule has 5 heteroatoms.